The Labute approximate surface area is 190 Å². The third-order valence-corrected chi connectivity index (χ3v) is 5.93. The molecule has 1 amide bonds. The number of allylic oxidation sites excluding steroid dienone is 1. The van der Waals surface area contributed by atoms with Crippen LogP contribution in [-0.4, -0.2) is 42.3 Å². The van der Waals surface area contributed by atoms with Gasteiger partial charge >= 0.3 is 0 Å². The third kappa shape index (κ3) is 3.94. The van der Waals surface area contributed by atoms with Crippen LogP contribution in [0.3, 0.4) is 0 Å². The van der Waals surface area contributed by atoms with Crippen LogP contribution in [0.1, 0.15) is 39.9 Å². The molecule has 0 aliphatic carbocycles. The number of carbonyl (C=O) groups excluding carboxylic acids is 1. The van der Waals surface area contributed by atoms with Crippen molar-refractivity contribution in [1.29, 1.82) is 0 Å². The van der Waals surface area contributed by atoms with Crippen LogP contribution in [0.4, 0.5) is 20.3 Å². The maximum Gasteiger partial charge on any atom is 0.264 e. The number of fused-ring (bicyclic) bond motifs is 2. The number of rotatable bonds is 5. The predicted molar refractivity (Wildman–Crippen MR) is 127 cm³/mol. The Morgan fingerprint density at radius 2 is 2.09 bits per heavy atom. The van der Waals surface area contributed by atoms with Gasteiger partial charge < -0.3 is 20.5 Å². The van der Waals surface area contributed by atoms with Crippen LogP contribution in [0.5, 0.6) is 0 Å². The molecule has 3 aromatic rings. The second kappa shape index (κ2) is 9.01. The number of pyridine rings is 1. The number of carbonyl (C=O) groups is 1. The van der Waals surface area contributed by atoms with E-state index in [1.54, 1.807) is 26.4 Å². The highest BCUT2D eigenvalue weighted by Crippen LogP contribution is 2.39. The summed E-state index contributed by atoms with van der Waals surface area (Å²) in [5.74, 6) is 0.380. The van der Waals surface area contributed by atoms with Gasteiger partial charge in [0.15, 0.2) is 0 Å². The van der Waals surface area contributed by atoms with Gasteiger partial charge in [-0.1, -0.05) is 0 Å². The molecule has 4 rings (SSSR count). The number of aliphatic imine (C=N–C) groups is 1. The molecule has 9 heteroatoms. The average molecular weight is 453 g/mol. The standard InChI is InChI=1S/C24H26F2N6O/c1-28-12-15(11-27)16-9-14-5-4-8-32(20(14)10-17(16)23(25)26)21-7-6-19-22(30-21)18(13-31(19)3)24(33)29-2/h6-7,9-13,23H,4-5,8,27H2,1-3H3,(H,29,33). The number of aryl methyl sites for hydroxylation is 2. The summed E-state index contributed by atoms with van der Waals surface area (Å²) >= 11 is 0. The third-order valence-electron chi connectivity index (χ3n) is 5.93. The molecule has 0 radical (unpaired) electrons. The summed E-state index contributed by atoms with van der Waals surface area (Å²) in [5.41, 5.74) is 9.91. The van der Waals surface area contributed by atoms with Gasteiger partial charge in [-0.2, -0.15) is 0 Å². The quantitative estimate of drug-likeness (QED) is 0.574. The van der Waals surface area contributed by atoms with Crippen LogP contribution in [0.25, 0.3) is 16.6 Å². The van der Waals surface area contributed by atoms with E-state index in [9.17, 15) is 13.6 Å². The van der Waals surface area contributed by atoms with Crippen molar-refractivity contribution in [3.05, 3.63) is 58.9 Å². The van der Waals surface area contributed by atoms with Gasteiger partial charge in [0, 0.05) is 63.1 Å². The normalized spacial score (nSPS) is 14.4. The first-order valence-corrected chi connectivity index (χ1v) is 10.6. The highest BCUT2D eigenvalue weighted by Gasteiger charge is 2.26. The fourth-order valence-corrected chi connectivity index (χ4v) is 4.36. The number of hydrogen-bond donors (Lipinski definition) is 2. The van der Waals surface area contributed by atoms with E-state index in [4.69, 9.17) is 10.7 Å². The van der Waals surface area contributed by atoms with Crippen LogP contribution < -0.4 is 16.0 Å². The molecule has 0 fully saturated rings. The van der Waals surface area contributed by atoms with Crippen LogP contribution in [0.2, 0.25) is 0 Å². The molecule has 0 unspecified atom stereocenters. The molecule has 172 valence electrons. The van der Waals surface area contributed by atoms with Crippen LogP contribution >= 0.6 is 0 Å². The smallest absolute Gasteiger partial charge is 0.264 e. The minimum atomic E-state index is -2.68. The van der Waals surface area contributed by atoms with Crippen molar-refractivity contribution in [2.75, 3.05) is 25.5 Å². The second-order valence-corrected chi connectivity index (χ2v) is 7.90. The minimum Gasteiger partial charge on any atom is -0.404 e. The second-order valence-electron chi connectivity index (χ2n) is 7.90. The molecule has 0 saturated carbocycles. The van der Waals surface area contributed by atoms with Crippen molar-refractivity contribution < 1.29 is 13.6 Å². The molecule has 3 N–H and O–H groups in total. The lowest BCUT2D eigenvalue weighted by molar-refractivity contribution is 0.0964. The number of nitrogens with one attached hydrogen (secondary N) is 1. The maximum atomic E-state index is 14.1. The van der Waals surface area contributed by atoms with Crippen molar-refractivity contribution in [3.8, 4) is 0 Å². The number of hydrogen-bond acceptors (Lipinski definition) is 5. The Morgan fingerprint density at radius 1 is 1.30 bits per heavy atom. The molecule has 1 aliphatic heterocycles. The van der Waals surface area contributed by atoms with Crippen molar-refractivity contribution in [2.24, 2.45) is 17.8 Å². The zero-order valence-electron chi connectivity index (χ0n) is 18.8. The van der Waals surface area contributed by atoms with Gasteiger partial charge in [0.2, 0.25) is 0 Å². The molecule has 0 bridgehead atoms. The molecule has 1 aliphatic rings. The fraction of sp³-hybridized carbons (Fsp3) is 0.292. The molecule has 0 spiro atoms. The number of benzene rings is 1. The van der Waals surface area contributed by atoms with E-state index in [2.05, 4.69) is 10.3 Å². The summed E-state index contributed by atoms with van der Waals surface area (Å²) in [6.07, 6.45) is 3.42. The minimum absolute atomic E-state index is 0.107. The Balaban J connectivity index is 1.87. The zero-order chi connectivity index (χ0) is 23.7. The van der Waals surface area contributed by atoms with Crippen molar-refractivity contribution in [3.63, 3.8) is 0 Å². The van der Waals surface area contributed by atoms with Gasteiger partial charge in [0.25, 0.3) is 12.3 Å². The lowest BCUT2D eigenvalue weighted by atomic mass is 9.92. The number of alkyl halides is 2. The van der Waals surface area contributed by atoms with E-state index in [1.807, 2.05) is 28.6 Å². The number of nitrogens with two attached hydrogens (primary N) is 1. The summed E-state index contributed by atoms with van der Waals surface area (Å²) in [6, 6.07) is 7.06. The first kappa shape index (κ1) is 22.4. The van der Waals surface area contributed by atoms with E-state index in [0.29, 0.717) is 40.3 Å². The first-order valence-electron chi connectivity index (χ1n) is 10.6. The Morgan fingerprint density at radius 3 is 2.76 bits per heavy atom. The van der Waals surface area contributed by atoms with Gasteiger partial charge in [0.05, 0.1) is 11.1 Å². The van der Waals surface area contributed by atoms with Crippen molar-refractivity contribution >= 4 is 40.2 Å². The van der Waals surface area contributed by atoms with Gasteiger partial charge in [-0.3, -0.25) is 9.79 Å². The monoisotopic (exact) mass is 452 g/mol. The molecular weight excluding hydrogens is 426 g/mol. The number of anilines is 2. The Kier molecular flexibility index (Phi) is 6.13. The van der Waals surface area contributed by atoms with Crippen molar-refractivity contribution in [2.45, 2.75) is 19.3 Å². The SMILES string of the molecule is CN=CC(=CN)c1cc2c(cc1C(F)F)N(c1ccc3c(n1)c(C(=O)NC)cn3C)CCC2. The molecule has 0 saturated heterocycles. The summed E-state index contributed by atoms with van der Waals surface area (Å²) in [4.78, 5) is 23.0. The first-order chi connectivity index (χ1) is 15.9. The maximum absolute atomic E-state index is 14.1. The van der Waals surface area contributed by atoms with Gasteiger partial charge in [0.1, 0.15) is 11.3 Å². The fourth-order valence-electron chi connectivity index (χ4n) is 4.36. The van der Waals surface area contributed by atoms with E-state index in [-0.39, 0.29) is 11.5 Å². The highest BCUT2D eigenvalue weighted by molar-refractivity contribution is 6.10. The lowest BCUT2D eigenvalue weighted by Gasteiger charge is -2.32. The molecule has 0 atom stereocenters. The number of halogens is 2. The number of amides is 1. The number of aromatic nitrogens is 2. The summed E-state index contributed by atoms with van der Waals surface area (Å²) in [7, 11) is 5.00. The Bertz CT molecular complexity index is 1280. The molecular formula is C24H26F2N6O. The topological polar surface area (TPSA) is 88.5 Å². The van der Waals surface area contributed by atoms with E-state index in [0.717, 1.165) is 23.9 Å². The van der Waals surface area contributed by atoms with Crippen LogP contribution in [0.15, 0.2) is 41.7 Å². The summed E-state index contributed by atoms with van der Waals surface area (Å²) in [5, 5.41) is 2.64. The molecule has 7 nitrogen and oxygen atoms in total. The van der Waals surface area contributed by atoms with Gasteiger partial charge in [-0.05, 0) is 48.2 Å². The highest BCUT2D eigenvalue weighted by atomic mass is 19.3. The molecule has 33 heavy (non-hydrogen) atoms. The van der Waals surface area contributed by atoms with Crippen LogP contribution in [0, 0.1) is 0 Å². The van der Waals surface area contributed by atoms with Gasteiger partial charge in [-0.15, -0.1) is 0 Å². The Hall–Kier alpha value is -3.75. The average Bonchev–Trinajstić information content (AvgIpc) is 3.16. The molecule has 2 aromatic heterocycles. The number of nitrogens with zero attached hydrogens (tertiary/aromatic N) is 4. The predicted octanol–water partition coefficient (Wildman–Crippen LogP) is 3.96. The van der Waals surface area contributed by atoms with Crippen molar-refractivity contribution in [1.82, 2.24) is 14.9 Å². The van der Waals surface area contributed by atoms with E-state index >= 15 is 0 Å². The lowest BCUT2D eigenvalue weighted by Crippen LogP contribution is -2.26. The molecule has 3 heterocycles. The summed E-state index contributed by atoms with van der Waals surface area (Å²) in [6.45, 7) is 0.631. The van der Waals surface area contributed by atoms with Crippen LogP contribution in [-0.2, 0) is 13.5 Å². The van der Waals surface area contributed by atoms with E-state index < -0.39 is 6.43 Å². The summed E-state index contributed by atoms with van der Waals surface area (Å²) < 4.78 is 30.0. The molecule has 1 aromatic carbocycles. The zero-order valence-corrected chi connectivity index (χ0v) is 18.8. The largest absolute Gasteiger partial charge is 0.404 e. The van der Waals surface area contributed by atoms with Gasteiger partial charge in [-0.25, -0.2) is 13.8 Å². The van der Waals surface area contributed by atoms with E-state index in [1.165, 1.54) is 18.5 Å².